The number of hydrogen-bond donors (Lipinski definition) is 2. The first-order valence-corrected chi connectivity index (χ1v) is 12.3. The zero-order chi connectivity index (χ0) is 21.8. The molecule has 1 aromatic heterocycles. The number of aromatic nitrogens is 1. The lowest BCUT2D eigenvalue weighted by Gasteiger charge is -2.34. The van der Waals surface area contributed by atoms with Gasteiger partial charge in [0.15, 0.2) is 0 Å². The molecule has 1 saturated carbocycles. The molecular weight excluding hydrogens is 410 g/mol. The number of likely N-dealkylation sites (tertiary alicyclic amines) is 1. The smallest absolute Gasteiger partial charge is 0.251 e. The summed E-state index contributed by atoms with van der Waals surface area (Å²) in [5.74, 6) is 1.11. The molecule has 1 saturated heterocycles. The molecule has 1 atom stereocenters. The number of piperidine rings is 1. The summed E-state index contributed by atoms with van der Waals surface area (Å²) in [6.07, 6.45) is 9.01. The van der Waals surface area contributed by atoms with Crippen LogP contribution in [-0.2, 0) is 4.74 Å². The third-order valence-corrected chi connectivity index (χ3v) is 7.52. The van der Waals surface area contributed by atoms with E-state index in [4.69, 9.17) is 16.3 Å². The van der Waals surface area contributed by atoms with Gasteiger partial charge < -0.3 is 19.9 Å². The summed E-state index contributed by atoms with van der Waals surface area (Å²) in [6, 6.07) is 6.35. The Balaban J connectivity index is 1.32. The van der Waals surface area contributed by atoms with Gasteiger partial charge in [0, 0.05) is 35.3 Å². The zero-order valence-corrected chi connectivity index (χ0v) is 19.6. The molecule has 31 heavy (non-hydrogen) atoms. The van der Waals surface area contributed by atoms with Gasteiger partial charge in [-0.1, -0.05) is 30.5 Å². The van der Waals surface area contributed by atoms with Gasteiger partial charge in [0.05, 0.1) is 17.7 Å². The van der Waals surface area contributed by atoms with Crippen molar-refractivity contribution >= 4 is 28.4 Å². The topological polar surface area (TPSA) is 57.4 Å². The Hall–Kier alpha value is -1.56. The van der Waals surface area contributed by atoms with Gasteiger partial charge in [0.25, 0.3) is 5.91 Å². The van der Waals surface area contributed by atoms with Gasteiger partial charge in [0.2, 0.25) is 0 Å². The summed E-state index contributed by atoms with van der Waals surface area (Å²) in [6.45, 7) is 8.29. The first kappa shape index (κ1) is 22.6. The van der Waals surface area contributed by atoms with Crippen LogP contribution in [0.25, 0.3) is 10.9 Å². The number of nitrogens with one attached hydrogen (secondary N) is 2. The van der Waals surface area contributed by atoms with E-state index >= 15 is 0 Å². The maximum atomic E-state index is 13.0. The van der Waals surface area contributed by atoms with Gasteiger partial charge in [-0.05, 0) is 76.6 Å². The summed E-state index contributed by atoms with van der Waals surface area (Å²) >= 11 is 6.17. The number of amides is 1. The van der Waals surface area contributed by atoms with E-state index in [9.17, 15) is 4.79 Å². The lowest BCUT2D eigenvalue weighted by atomic mass is 9.96. The Morgan fingerprint density at radius 2 is 1.97 bits per heavy atom. The standard InChI is InChI=1S/C25H36ClN3O2/c1-17(2)29-11-9-18(10-12-29)15-31-16-24(19-5-3-4-6-19)28-25(30)20-7-8-21-22(26)14-27-23(21)13-20/h7-8,13-14,17-19,24,27H,3-6,9-12,15-16H2,1-2H3,(H,28,30). The molecule has 1 aromatic carbocycles. The van der Waals surface area contributed by atoms with Crippen molar-refractivity contribution in [3.8, 4) is 0 Å². The van der Waals surface area contributed by atoms with E-state index in [0.29, 0.717) is 35.1 Å². The molecule has 1 aliphatic carbocycles. The fourth-order valence-electron chi connectivity index (χ4n) is 5.14. The number of aromatic amines is 1. The maximum absolute atomic E-state index is 13.0. The quantitative estimate of drug-likeness (QED) is 0.583. The average molecular weight is 446 g/mol. The molecule has 0 radical (unpaired) electrons. The summed E-state index contributed by atoms with van der Waals surface area (Å²) in [7, 11) is 0. The van der Waals surface area contributed by atoms with Crippen molar-refractivity contribution in [2.75, 3.05) is 26.3 Å². The van der Waals surface area contributed by atoms with Gasteiger partial charge in [-0.15, -0.1) is 0 Å². The molecule has 2 fully saturated rings. The minimum absolute atomic E-state index is 0.0293. The summed E-state index contributed by atoms with van der Waals surface area (Å²) in [4.78, 5) is 18.7. The third kappa shape index (κ3) is 5.63. The Morgan fingerprint density at radius 1 is 1.23 bits per heavy atom. The number of hydrogen-bond acceptors (Lipinski definition) is 3. The molecule has 0 spiro atoms. The van der Waals surface area contributed by atoms with Gasteiger partial charge in [-0.2, -0.15) is 0 Å². The van der Waals surface area contributed by atoms with Gasteiger partial charge in [0.1, 0.15) is 0 Å². The Labute approximate surface area is 190 Å². The average Bonchev–Trinajstić information content (AvgIpc) is 3.43. The van der Waals surface area contributed by atoms with Crippen LogP contribution in [0.15, 0.2) is 24.4 Å². The lowest BCUT2D eigenvalue weighted by Crippen LogP contribution is -2.43. The monoisotopic (exact) mass is 445 g/mol. The van der Waals surface area contributed by atoms with Crippen LogP contribution in [0, 0.1) is 11.8 Å². The number of fused-ring (bicyclic) bond motifs is 1. The Bertz CT molecular complexity index is 867. The summed E-state index contributed by atoms with van der Waals surface area (Å²) < 4.78 is 6.20. The van der Waals surface area contributed by atoms with Crippen molar-refractivity contribution in [2.24, 2.45) is 11.8 Å². The van der Waals surface area contributed by atoms with Crippen LogP contribution in [0.1, 0.15) is 62.7 Å². The Kier molecular flexibility index (Phi) is 7.57. The van der Waals surface area contributed by atoms with Crippen LogP contribution < -0.4 is 5.32 Å². The minimum atomic E-state index is -0.0293. The molecule has 1 amide bonds. The highest BCUT2D eigenvalue weighted by atomic mass is 35.5. The first-order valence-electron chi connectivity index (χ1n) is 11.9. The number of halogens is 1. The van der Waals surface area contributed by atoms with Crippen LogP contribution in [0.3, 0.4) is 0 Å². The minimum Gasteiger partial charge on any atom is -0.379 e. The number of ether oxygens (including phenoxy) is 1. The largest absolute Gasteiger partial charge is 0.379 e. The highest BCUT2D eigenvalue weighted by molar-refractivity contribution is 6.35. The molecular formula is C25H36ClN3O2. The SMILES string of the molecule is CC(C)N1CCC(COCC(NC(=O)c2ccc3c(Cl)c[nH]c3c2)C2CCCC2)CC1. The summed E-state index contributed by atoms with van der Waals surface area (Å²) in [5.41, 5.74) is 1.55. The fraction of sp³-hybridized carbons (Fsp3) is 0.640. The van der Waals surface area contributed by atoms with E-state index in [0.717, 1.165) is 17.5 Å². The molecule has 2 aliphatic rings. The molecule has 0 bridgehead atoms. The third-order valence-electron chi connectivity index (χ3n) is 7.21. The van der Waals surface area contributed by atoms with Crippen LogP contribution >= 0.6 is 11.6 Å². The second-order valence-corrected chi connectivity index (χ2v) is 10.0. The maximum Gasteiger partial charge on any atom is 0.251 e. The normalized spacial score (nSPS) is 20.0. The molecule has 2 N–H and O–H groups in total. The van der Waals surface area contributed by atoms with Crippen molar-refractivity contribution in [3.63, 3.8) is 0 Å². The number of benzene rings is 1. The first-order chi connectivity index (χ1) is 15.0. The number of carbonyl (C=O) groups is 1. The van der Waals surface area contributed by atoms with Crippen LogP contribution in [-0.4, -0.2) is 54.2 Å². The van der Waals surface area contributed by atoms with E-state index in [2.05, 4.69) is 29.0 Å². The van der Waals surface area contributed by atoms with Crippen molar-refractivity contribution in [3.05, 3.63) is 35.0 Å². The highest BCUT2D eigenvalue weighted by Crippen LogP contribution is 2.29. The van der Waals surface area contributed by atoms with E-state index in [1.54, 1.807) is 6.20 Å². The highest BCUT2D eigenvalue weighted by Gasteiger charge is 2.28. The molecule has 1 unspecified atom stereocenters. The van der Waals surface area contributed by atoms with Gasteiger partial charge in [-0.25, -0.2) is 0 Å². The van der Waals surface area contributed by atoms with Crippen molar-refractivity contribution in [1.29, 1.82) is 0 Å². The predicted molar refractivity (Wildman–Crippen MR) is 127 cm³/mol. The molecule has 2 aromatic rings. The van der Waals surface area contributed by atoms with Gasteiger partial charge in [-0.3, -0.25) is 4.79 Å². The van der Waals surface area contributed by atoms with Gasteiger partial charge >= 0.3 is 0 Å². The van der Waals surface area contributed by atoms with E-state index in [-0.39, 0.29) is 11.9 Å². The summed E-state index contributed by atoms with van der Waals surface area (Å²) in [5, 5.41) is 4.91. The molecule has 2 heterocycles. The number of rotatable bonds is 8. The second-order valence-electron chi connectivity index (χ2n) is 9.63. The van der Waals surface area contributed by atoms with Crippen molar-refractivity contribution in [2.45, 2.75) is 64.5 Å². The second kappa shape index (κ2) is 10.4. The van der Waals surface area contributed by atoms with Crippen LogP contribution in [0.5, 0.6) is 0 Å². The fourth-order valence-corrected chi connectivity index (χ4v) is 5.36. The van der Waals surface area contributed by atoms with Crippen LogP contribution in [0.4, 0.5) is 0 Å². The number of nitrogens with zero attached hydrogens (tertiary/aromatic N) is 1. The molecule has 5 nitrogen and oxygen atoms in total. The number of H-pyrrole nitrogens is 1. The molecule has 4 rings (SSSR count). The van der Waals surface area contributed by atoms with E-state index in [1.165, 1.54) is 51.6 Å². The Morgan fingerprint density at radius 3 is 2.68 bits per heavy atom. The van der Waals surface area contributed by atoms with E-state index < -0.39 is 0 Å². The van der Waals surface area contributed by atoms with Crippen molar-refractivity contribution < 1.29 is 9.53 Å². The molecule has 6 heteroatoms. The number of carbonyl (C=O) groups excluding carboxylic acids is 1. The molecule has 170 valence electrons. The van der Waals surface area contributed by atoms with E-state index in [1.807, 2.05) is 18.2 Å². The van der Waals surface area contributed by atoms with Crippen molar-refractivity contribution in [1.82, 2.24) is 15.2 Å². The predicted octanol–water partition coefficient (Wildman–Crippen LogP) is 5.25. The molecule has 1 aliphatic heterocycles. The van der Waals surface area contributed by atoms with Crippen LogP contribution in [0.2, 0.25) is 5.02 Å². The zero-order valence-electron chi connectivity index (χ0n) is 18.8. The lowest BCUT2D eigenvalue weighted by molar-refractivity contribution is 0.0394.